The van der Waals surface area contributed by atoms with E-state index in [1.54, 1.807) is 24.4 Å². The number of urea groups is 1. The molecule has 164 valence electrons. The fraction of sp³-hybridized carbons (Fsp3) is 0.0952. The molecule has 0 bridgehead atoms. The third-order valence-corrected chi connectivity index (χ3v) is 5.35. The molecule has 0 radical (unpaired) electrons. The van der Waals surface area contributed by atoms with E-state index in [0.29, 0.717) is 37.6 Å². The lowest BCUT2D eigenvalue weighted by molar-refractivity contribution is 0.262. The minimum absolute atomic E-state index is 0.0245. The molecule has 0 atom stereocenters. The average Bonchev–Trinajstić information content (AvgIpc) is 3.19. The highest BCUT2D eigenvalue weighted by molar-refractivity contribution is 7.19. The van der Waals surface area contributed by atoms with Crippen molar-refractivity contribution in [3.63, 3.8) is 0 Å². The van der Waals surface area contributed by atoms with Crippen LogP contribution in [0.15, 0.2) is 48.8 Å². The molecule has 0 aliphatic carbocycles. The van der Waals surface area contributed by atoms with Crippen molar-refractivity contribution >= 4 is 50.7 Å². The van der Waals surface area contributed by atoms with E-state index in [1.807, 2.05) is 0 Å². The van der Waals surface area contributed by atoms with Crippen LogP contribution in [0.4, 0.5) is 20.0 Å². The Labute approximate surface area is 190 Å². The van der Waals surface area contributed by atoms with E-state index in [-0.39, 0.29) is 11.4 Å². The SMILES string of the molecule is COc1cc2nccc(Oc3ccc(NC(=O)Nc4ncc(Cl)s4)c(F)c3)c2cc1OC. The number of amides is 2. The van der Waals surface area contributed by atoms with Crippen molar-refractivity contribution in [2.75, 3.05) is 24.9 Å². The Balaban J connectivity index is 1.53. The highest BCUT2D eigenvalue weighted by Gasteiger charge is 2.14. The summed E-state index contributed by atoms with van der Waals surface area (Å²) in [5.41, 5.74) is 0.598. The lowest BCUT2D eigenvalue weighted by Crippen LogP contribution is -2.19. The van der Waals surface area contributed by atoms with Crippen LogP contribution in [0.5, 0.6) is 23.0 Å². The van der Waals surface area contributed by atoms with Crippen molar-refractivity contribution < 1.29 is 23.4 Å². The molecule has 4 aromatic rings. The number of aromatic nitrogens is 2. The molecule has 0 spiro atoms. The molecule has 0 aliphatic heterocycles. The molecule has 2 aromatic carbocycles. The van der Waals surface area contributed by atoms with E-state index in [0.717, 1.165) is 11.3 Å². The van der Waals surface area contributed by atoms with Gasteiger partial charge in [-0.2, -0.15) is 0 Å². The maximum atomic E-state index is 14.6. The Morgan fingerprint density at radius 1 is 1.03 bits per heavy atom. The van der Waals surface area contributed by atoms with E-state index in [1.165, 1.54) is 38.6 Å². The van der Waals surface area contributed by atoms with Crippen molar-refractivity contribution in [1.29, 1.82) is 0 Å². The Bertz CT molecular complexity index is 1300. The van der Waals surface area contributed by atoms with Crippen molar-refractivity contribution in [2.24, 2.45) is 0 Å². The van der Waals surface area contributed by atoms with Gasteiger partial charge in [0.25, 0.3) is 0 Å². The summed E-state index contributed by atoms with van der Waals surface area (Å²) in [7, 11) is 3.07. The Kier molecular flexibility index (Phi) is 6.24. The molecule has 11 heteroatoms. The van der Waals surface area contributed by atoms with Crippen LogP contribution in [0.25, 0.3) is 10.9 Å². The average molecular weight is 475 g/mol. The highest BCUT2D eigenvalue weighted by Crippen LogP contribution is 2.37. The molecular weight excluding hydrogens is 459 g/mol. The summed E-state index contributed by atoms with van der Waals surface area (Å²) in [6.45, 7) is 0. The molecular formula is C21H16ClFN4O4S. The molecule has 2 amide bonds. The lowest BCUT2D eigenvalue weighted by Gasteiger charge is -2.13. The van der Waals surface area contributed by atoms with Gasteiger partial charge in [0.2, 0.25) is 0 Å². The molecule has 0 fully saturated rings. The Hall–Kier alpha value is -3.63. The zero-order chi connectivity index (χ0) is 22.7. The first kappa shape index (κ1) is 21.6. The molecule has 32 heavy (non-hydrogen) atoms. The highest BCUT2D eigenvalue weighted by atomic mass is 35.5. The van der Waals surface area contributed by atoms with E-state index in [9.17, 15) is 9.18 Å². The third-order valence-electron chi connectivity index (χ3n) is 4.32. The standard InChI is InChI=1S/C21H16ClFN4O4S/c1-29-17-8-12-15(9-18(17)30-2)24-6-5-16(12)31-11-3-4-14(13(23)7-11)26-20(28)27-21-25-10-19(22)32-21/h3-10H,1-2H3,(H2,25,26,27,28). The van der Waals surface area contributed by atoms with Gasteiger partial charge in [-0.15, -0.1) is 0 Å². The van der Waals surface area contributed by atoms with Gasteiger partial charge in [0, 0.05) is 23.7 Å². The number of ether oxygens (including phenoxy) is 3. The number of benzene rings is 2. The fourth-order valence-electron chi connectivity index (χ4n) is 2.89. The first-order chi connectivity index (χ1) is 15.5. The fourth-order valence-corrected chi connectivity index (χ4v) is 3.69. The maximum Gasteiger partial charge on any atom is 0.325 e. The number of rotatable bonds is 6. The number of anilines is 2. The predicted octanol–water partition coefficient (Wildman–Crippen LogP) is 5.94. The van der Waals surface area contributed by atoms with E-state index >= 15 is 0 Å². The van der Waals surface area contributed by atoms with Gasteiger partial charge >= 0.3 is 6.03 Å². The quantitative estimate of drug-likeness (QED) is 0.359. The largest absolute Gasteiger partial charge is 0.493 e. The smallest absolute Gasteiger partial charge is 0.325 e. The molecule has 8 nitrogen and oxygen atoms in total. The summed E-state index contributed by atoms with van der Waals surface area (Å²) in [4.78, 5) is 20.3. The van der Waals surface area contributed by atoms with Crippen molar-refractivity contribution in [3.8, 4) is 23.0 Å². The maximum absolute atomic E-state index is 14.6. The van der Waals surface area contributed by atoms with E-state index in [2.05, 4.69) is 20.6 Å². The molecule has 2 N–H and O–H groups in total. The van der Waals surface area contributed by atoms with Gasteiger partial charge in [0.15, 0.2) is 16.6 Å². The van der Waals surface area contributed by atoms with Crippen LogP contribution in [-0.2, 0) is 0 Å². The molecule has 2 aromatic heterocycles. The number of nitrogens with one attached hydrogen (secondary N) is 2. The second-order valence-corrected chi connectivity index (χ2v) is 7.99. The van der Waals surface area contributed by atoms with E-state index < -0.39 is 11.8 Å². The predicted molar refractivity (Wildman–Crippen MR) is 121 cm³/mol. The normalized spacial score (nSPS) is 10.6. The summed E-state index contributed by atoms with van der Waals surface area (Å²) in [5, 5.41) is 5.86. The molecule has 0 aliphatic rings. The van der Waals surface area contributed by atoms with Gasteiger partial charge in [0.1, 0.15) is 21.7 Å². The first-order valence-electron chi connectivity index (χ1n) is 9.14. The Morgan fingerprint density at radius 2 is 1.81 bits per heavy atom. The number of carbonyl (C=O) groups is 1. The summed E-state index contributed by atoms with van der Waals surface area (Å²) >= 11 is 6.86. The molecule has 0 saturated heterocycles. The number of thiazole rings is 1. The summed E-state index contributed by atoms with van der Waals surface area (Å²) in [6.07, 6.45) is 2.98. The number of hydrogen-bond acceptors (Lipinski definition) is 7. The zero-order valence-electron chi connectivity index (χ0n) is 16.8. The van der Waals surface area contributed by atoms with Crippen molar-refractivity contribution in [1.82, 2.24) is 9.97 Å². The second kappa shape index (κ2) is 9.25. The number of carbonyl (C=O) groups excluding carboxylic acids is 1. The molecule has 0 saturated carbocycles. The summed E-state index contributed by atoms with van der Waals surface area (Å²) in [6, 6.07) is 8.57. The summed E-state index contributed by atoms with van der Waals surface area (Å²) < 4.78 is 31.5. The minimum atomic E-state index is -0.674. The van der Waals surface area contributed by atoms with Crippen LogP contribution in [0.3, 0.4) is 0 Å². The number of pyridine rings is 1. The van der Waals surface area contributed by atoms with Gasteiger partial charge in [-0.1, -0.05) is 22.9 Å². The number of fused-ring (bicyclic) bond motifs is 1. The number of halogens is 2. The zero-order valence-corrected chi connectivity index (χ0v) is 18.4. The first-order valence-corrected chi connectivity index (χ1v) is 10.3. The number of methoxy groups -OCH3 is 2. The third kappa shape index (κ3) is 4.66. The second-order valence-electron chi connectivity index (χ2n) is 6.33. The topological polar surface area (TPSA) is 94.6 Å². The lowest BCUT2D eigenvalue weighted by atomic mass is 10.2. The van der Waals surface area contributed by atoms with Crippen LogP contribution in [0.2, 0.25) is 4.34 Å². The van der Waals surface area contributed by atoms with Crippen LogP contribution < -0.4 is 24.8 Å². The summed E-state index contributed by atoms with van der Waals surface area (Å²) in [5.74, 6) is 1.06. The molecule has 0 unspecified atom stereocenters. The van der Waals surface area contributed by atoms with Crippen LogP contribution >= 0.6 is 22.9 Å². The monoisotopic (exact) mass is 474 g/mol. The van der Waals surface area contributed by atoms with Crippen LogP contribution in [0, 0.1) is 5.82 Å². The van der Waals surface area contributed by atoms with Gasteiger partial charge in [0.05, 0.1) is 31.6 Å². The van der Waals surface area contributed by atoms with E-state index in [4.69, 9.17) is 25.8 Å². The molecule has 4 rings (SSSR count). The van der Waals surface area contributed by atoms with Gasteiger partial charge in [-0.05, 0) is 24.3 Å². The van der Waals surface area contributed by atoms with Crippen molar-refractivity contribution in [3.05, 3.63) is 58.9 Å². The van der Waals surface area contributed by atoms with Crippen LogP contribution in [0.1, 0.15) is 0 Å². The van der Waals surface area contributed by atoms with Gasteiger partial charge < -0.3 is 19.5 Å². The van der Waals surface area contributed by atoms with Gasteiger partial charge in [-0.3, -0.25) is 10.3 Å². The van der Waals surface area contributed by atoms with Crippen LogP contribution in [-0.4, -0.2) is 30.2 Å². The minimum Gasteiger partial charge on any atom is -0.493 e. The number of hydrogen-bond donors (Lipinski definition) is 2. The number of nitrogens with zero attached hydrogens (tertiary/aromatic N) is 2. The molecule has 2 heterocycles. The van der Waals surface area contributed by atoms with Gasteiger partial charge in [-0.25, -0.2) is 14.2 Å². The van der Waals surface area contributed by atoms with Crippen molar-refractivity contribution in [2.45, 2.75) is 0 Å². The Morgan fingerprint density at radius 3 is 2.50 bits per heavy atom.